The van der Waals surface area contributed by atoms with Crippen molar-refractivity contribution < 1.29 is 4.79 Å². The topological polar surface area (TPSA) is 45.2 Å². The maximum Gasteiger partial charge on any atom is 0.253 e. The molecule has 1 N–H and O–H groups in total. The van der Waals surface area contributed by atoms with E-state index in [4.69, 9.17) is 0 Å². The summed E-state index contributed by atoms with van der Waals surface area (Å²) in [5.74, 6) is 1.50. The zero-order chi connectivity index (χ0) is 13.7. The third kappa shape index (κ3) is 3.69. The van der Waals surface area contributed by atoms with Gasteiger partial charge in [-0.15, -0.1) is 0 Å². The van der Waals surface area contributed by atoms with Gasteiger partial charge in [0.1, 0.15) is 5.82 Å². The van der Waals surface area contributed by atoms with Crippen molar-refractivity contribution in [1.82, 2.24) is 9.88 Å². The lowest BCUT2D eigenvalue weighted by Crippen LogP contribution is -2.32. The van der Waals surface area contributed by atoms with Crippen LogP contribution in [-0.2, 0) is 0 Å². The van der Waals surface area contributed by atoms with Crippen LogP contribution in [0, 0.1) is 5.92 Å². The Labute approximate surface area is 115 Å². The highest BCUT2D eigenvalue weighted by Crippen LogP contribution is 2.24. The van der Waals surface area contributed by atoms with Crippen LogP contribution in [0.1, 0.15) is 42.5 Å². The van der Waals surface area contributed by atoms with Gasteiger partial charge in [0.05, 0.1) is 0 Å². The summed E-state index contributed by atoms with van der Waals surface area (Å²) in [5.41, 5.74) is 0.706. The van der Waals surface area contributed by atoms with Gasteiger partial charge in [-0.3, -0.25) is 4.79 Å². The van der Waals surface area contributed by atoms with Gasteiger partial charge < -0.3 is 10.2 Å². The van der Waals surface area contributed by atoms with Crippen LogP contribution in [0.2, 0.25) is 0 Å². The predicted molar refractivity (Wildman–Crippen MR) is 77.3 cm³/mol. The second-order valence-corrected chi connectivity index (χ2v) is 5.37. The predicted octanol–water partition coefficient (Wildman–Crippen LogP) is 2.78. The van der Waals surface area contributed by atoms with E-state index in [1.807, 2.05) is 19.0 Å². The monoisotopic (exact) mass is 261 g/mol. The van der Waals surface area contributed by atoms with Crippen molar-refractivity contribution in [3.05, 3.63) is 23.9 Å². The van der Waals surface area contributed by atoms with Gasteiger partial charge in [0, 0.05) is 32.4 Å². The van der Waals surface area contributed by atoms with Gasteiger partial charge in [-0.25, -0.2) is 4.98 Å². The molecule has 0 aromatic carbocycles. The summed E-state index contributed by atoms with van der Waals surface area (Å²) in [5, 5.41) is 2.96. The average molecular weight is 261 g/mol. The molecule has 0 aliphatic heterocycles. The molecule has 1 amide bonds. The van der Waals surface area contributed by atoms with Crippen molar-refractivity contribution in [3.8, 4) is 0 Å². The van der Waals surface area contributed by atoms with Crippen molar-refractivity contribution in [2.75, 3.05) is 26.0 Å². The molecule has 19 heavy (non-hydrogen) atoms. The van der Waals surface area contributed by atoms with Gasteiger partial charge in [0.2, 0.25) is 0 Å². The second kappa shape index (κ2) is 6.55. The van der Waals surface area contributed by atoms with Gasteiger partial charge >= 0.3 is 0 Å². The van der Waals surface area contributed by atoms with E-state index in [2.05, 4.69) is 10.3 Å². The number of aromatic nitrogens is 1. The van der Waals surface area contributed by atoms with E-state index in [0.717, 1.165) is 12.4 Å². The van der Waals surface area contributed by atoms with Crippen LogP contribution >= 0.6 is 0 Å². The standard InChI is InChI=1S/C15H23N3O/c1-16-14-10-13(8-9-17-14)15(19)18(2)11-12-6-4-3-5-7-12/h8-10,12H,3-7,11H2,1-2H3,(H,16,17). The number of hydrogen-bond donors (Lipinski definition) is 1. The first kappa shape index (κ1) is 13.8. The molecule has 1 aliphatic rings. The third-order valence-electron chi connectivity index (χ3n) is 3.87. The molecule has 1 aromatic rings. The van der Waals surface area contributed by atoms with E-state index in [0.29, 0.717) is 11.5 Å². The summed E-state index contributed by atoms with van der Waals surface area (Å²) < 4.78 is 0. The molecule has 0 radical (unpaired) electrons. The van der Waals surface area contributed by atoms with Crippen LogP contribution < -0.4 is 5.32 Å². The molecule has 0 atom stereocenters. The Bertz CT molecular complexity index is 427. The minimum Gasteiger partial charge on any atom is -0.373 e. The Morgan fingerprint density at radius 2 is 2.16 bits per heavy atom. The fourth-order valence-corrected chi connectivity index (χ4v) is 2.76. The van der Waals surface area contributed by atoms with Gasteiger partial charge in [-0.1, -0.05) is 19.3 Å². The van der Waals surface area contributed by atoms with Crippen molar-refractivity contribution >= 4 is 11.7 Å². The molecule has 0 spiro atoms. The van der Waals surface area contributed by atoms with E-state index in [-0.39, 0.29) is 5.91 Å². The number of hydrogen-bond acceptors (Lipinski definition) is 3. The van der Waals surface area contributed by atoms with Crippen LogP contribution in [-0.4, -0.2) is 36.4 Å². The van der Waals surface area contributed by atoms with Crippen molar-refractivity contribution in [1.29, 1.82) is 0 Å². The van der Waals surface area contributed by atoms with Crippen LogP contribution in [0.5, 0.6) is 0 Å². The van der Waals surface area contributed by atoms with E-state index in [1.54, 1.807) is 18.3 Å². The van der Waals surface area contributed by atoms with Gasteiger partial charge in [0.25, 0.3) is 5.91 Å². The largest absolute Gasteiger partial charge is 0.373 e. The first-order valence-electron chi connectivity index (χ1n) is 7.10. The number of nitrogens with one attached hydrogen (secondary N) is 1. The smallest absolute Gasteiger partial charge is 0.253 e. The van der Waals surface area contributed by atoms with Crippen molar-refractivity contribution in [2.24, 2.45) is 5.92 Å². The number of carbonyl (C=O) groups excluding carboxylic acids is 1. The molecule has 0 bridgehead atoms. The van der Waals surface area contributed by atoms with Crippen LogP contribution in [0.15, 0.2) is 18.3 Å². The highest BCUT2D eigenvalue weighted by Gasteiger charge is 2.19. The van der Waals surface area contributed by atoms with Crippen LogP contribution in [0.25, 0.3) is 0 Å². The average Bonchev–Trinajstić information content (AvgIpc) is 2.47. The van der Waals surface area contributed by atoms with Crippen LogP contribution in [0.4, 0.5) is 5.82 Å². The lowest BCUT2D eigenvalue weighted by molar-refractivity contribution is 0.0760. The number of pyridine rings is 1. The van der Waals surface area contributed by atoms with Gasteiger partial charge in [0.15, 0.2) is 0 Å². The Hall–Kier alpha value is -1.58. The van der Waals surface area contributed by atoms with Crippen molar-refractivity contribution in [2.45, 2.75) is 32.1 Å². The van der Waals surface area contributed by atoms with Crippen molar-refractivity contribution in [3.63, 3.8) is 0 Å². The number of amides is 1. The van der Waals surface area contributed by atoms with E-state index < -0.39 is 0 Å². The molecule has 104 valence electrons. The fourth-order valence-electron chi connectivity index (χ4n) is 2.76. The first-order valence-corrected chi connectivity index (χ1v) is 7.10. The summed E-state index contributed by atoms with van der Waals surface area (Å²) in [7, 11) is 3.71. The highest BCUT2D eigenvalue weighted by molar-refractivity contribution is 5.94. The molecular formula is C15H23N3O. The third-order valence-corrected chi connectivity index (χ3v) is 3.87. The quantitative estimate of drug-likeness (QED) is 0.906. The number of nitrogens with zero attached hydrogens (tertiary/aromatic N) is 2. The molecule has 1 aliphatic carbocycles. The summed E-state index contributed by atoms with van der Waals surface area (Å²) in [6.45, 7) is 0.871. The minimum atomic E-state index is 0.0875. The molecule has 0 unspecified atom stereocenters. The van der Waals surface area contributed by atoms with E-state index in [1.165, 1.54) is 32.1 Å². The second-order valence-electron chi connectivity index (χ2n) is 5.37. The van der Waals surface area contributed by atoms with Gasteiger partial charge in [-0.2, -0.15) is 0 Å². The summed E-state index contributed by atoms with van der Waals surface area (Å²) >= 11 is 0. The lowest BCUT2D eigenvalue weighted by atomic mass is 9.89. The maximum atomic E-state index is 12.4. The molecular weight excluding hydrogens is 238 g/mol. The number of carbonyl (C=O) groups is 1. The molecule has 1 heterocycles. The molecule has 1 fully saturated rings. The Kier molecular flexibility index (Phi) is 4.77. The first-order chi connectivity index (χ1) is 9.20. The molecule has 0 saturated heterocycles. The molecule has 2 rings (SSSR count). The number of rotatable bonds is 4. The molecule has 4 nitrogen and oxygen atoms in total. The fraction of sp³-hybridized carbons (Fsp3) is 0.600. The Morgan fingerprint density at radius 3 is 2.84 bits per heavy atom. The van der Waals surface area contributed by atoms with Crippen LogP contribution in [0.3, 0.4) is 0 Å². The van der Waals surface area contributed by atoms with E-state index >= 15 is 0 Å². The highest BCUT2D eigenvalue weighted by atomic mass is 16.2. The SMILES string of the molecule is CNc1cc(C(=O)N(C)CC2CCCCC2)ccn1. The summed E-state index contributed by atoms with van der Waals surface area (Å²) in [6, 6.07) is 3.58. The zero-order valence-corrected chi connectivity index (χ0v) is 11.9. The molecule has 1 aromatic heterocycles. The maximum absolute atomic E-state index is 12.4. The summed E-state index contributed by atoms with van der Waals surface area (Å²) in [6.07, 6.45) is 8.17. The minimum absolute atomic E-state index is 0.0875. The summed E-state index contributed by atoms with van der Waals surface area (Å²) in [4.78, 5) is 18.3. The zero-order valence-electron chi connectivity index (χ0n) is 11.9. The number of anilines is 1. The van der Waals surface area contributed by atoms with Gasteiger partial charge in [-0.05, 0) is 30.9 Å². The molecule has 1 saturated carbocycles. The van der Waals surface area contributed by atoms with E-state index in [9.17, 15) is 4.79 Å². The lowest BCUT2D eigenvalue weighted by Gasteiger charge is -2.27. The normalized spacial score (nSPS) is 16.1. The Balaban J connectivity index is 1.97. The Morgan fingerprint density at radius 1 is 1.42 bits per heavy atom. The molecule has 4 heteroatoms.